The van der Waals surface area contributed by atoms with E-state index in [9.17, 15) is 0 Å². The molecule has 0 fully saturated rings. The maximum absolute atomic E-state index is 8.86. The fourth-order valence-corrected chi connectivity index (χ4v) is 1.93. The Balaban J connectivity index is 2.33. The molecule has 0 radical (unpaired) electrons. The van der Waals surface area contributed by atoms with E-state index in [0.717, 1.165) is 12.2 Å². The van der Waals surface area contributed by atoms with Crippen molar-refractivity contribution in [1.82, 2.24) is 9.97 Å². The van der Waals surface area contributed by atoms with E-state index in [4.69, 9.17) is 10.9 Å². The van der Waals surface area contributed by atoms with Crippen molar-refractivity contribution in [1.29, 1.82) is 0 Å². The monoisotopic (exact) mass is 271 g/mol. The third-order valence-electron chi connectivity index (χ3n) is 2.93. The van der Waals surface area contributed by atoms with Gasteiger partial charge in [0.25, 0.3) is 0 Å². The Bertz CT molecular complexity index is 585. The van der Waals surface area contributed by atoms with E-state index in [2.05, 4.69) is 15.1 Å². The zero-order valence-electron chi connectivity index (χ0n) is 11.3. The Kier molecular flexibility index (Phi) is 4.49. The third kappa shape index (κ3) is 3.03. The average Bonchev–Trinajstić information content (AvgIpc) is 2.53. The van der Waals surface area contributed by atoms with Crippen LogP contribution in [0.5, 0.6) is 0 Å². The van der Waals surface area contributed by atoms with E-state index in [-0.39, 0.29) is 5.84 Å². The van der Waals surface area contributed by atoms with Crippen LogP contribution < -0.4 is 10.6 Å². The predicted molar refractivity (Wildman–Crippen MR) is 77.7 cm³/mol. The second-order valence-electron chi connectivity index (χ2n) is 4.20. The number of amidine groups is 1. The Morgan fingerprint density at radius 1 is 1.25 bits per heavy atom. The van der Waals surface area contributed by atoms with Gasteiger partial charge >= 0.3 is 0 Å². The van der Waals surface area contributed by atoms with Crippen LogP contribution in [0.25, 0.3) is 0 Å². The van der Waals surface area contributed by atoms with Crippen LogP contribution >= 0.6 is 0 Å². The topological polar surface area (TPSA) is 87.6 Å². The summed E-state index contributed by atoms with van der Waals surface area (Å²) in [6, 6.07) is 9.31. The van der Waals surface area contributed by atoms with Gasteiger partial charge in [0.2, 0.25) is 0 Å². The van der Waals surface area contributed by atoms with Gasteiger partial charge in [0.15, 0.2) is 5.84 Å². The first-order valence-corrected chi connectivity index (χ1v) is 6.34. The molecule has 6 heteroatoms. The molecule has 0 saturated heterocycles. The van der Waals surface area contributed by atoms with Gasteiger partial charge in [-0.2, -0.15) is 0 Å². The Morgan fingerprint density at radius 2 is 2.05 bits per heavy atom. The molecular formula is C14H17N5O. The van der Waals surface area contributed by atoms with Crippen LogP contribution in [-0.4, -0.2) is 27.6 Å². The van der Waals surface area contributed by atoms with Crippen LogP contribution in [0.15, 0.2) is 47.9 Å². The molecule has 2 aromatic heterocycles. The number of anilines is 1. The van der Waals surface area contributed by atoms with Crippen LogP contribution in [0.4, 0.5) is 5.82 Å². The highest BCUT2D eigenvalue weighted by Crippen LogP contribution is 2.18. The quantitative estimate of drug-likeness (QED) is 0.373. The molecule has 6 nitrogen and oxygen atoms in total. The molecule has 0 aromatic carbocycles. The van der Waals surface area contributed by atoms with Crippen LogP contribution in [0.3, 0.4) is 0 Å². The largest absolute Gasteiger partial charge is 0.409 e. The summed E-state index contributed by atoms with van der Waals surface area (Å²) in [5.41, 5.74) is 7.24. The zero-order chi connectivity index (χ0) is 14.4. The molecule has 2 aromatic rings. The second-order valence-corrected chi connectivity index (χ2v) is 4.20. The molecule has 0 aliphatic heterocycles. The van der Waals surface area contributed by atoms with E-state index < -0.39 is 0 Å². The summed E-state index contributed by atoms with van der Waals surface area (Å²) in [6.45, 7) is 3.37. The highest BCUT2D eigenvalue weighted by molar-refractivity contribution is 6.01. The molecule has 3 N–H and O–H groups in total. The number of rotatable bonds is 5. The first-order valence-electron chi connectivity index (χ1n) is 6.34. The molecule has 2 heterocycles. The van der Waals surface area contributed by atoms with Gasteiger partial charge in [-0.25, -0.2) is 4.98 Å². The summed E-state index contributed by atoms with van der Waals surface area (Å²) in [5.74, 6) is 0.725. The predicted octanol–water partition coefficient (Wildman–Crippen LogP) is 1.60. The van der Waals surface area contributed by atoms with E-state index in [1.165, 1.54) is 0 Å². The minimum atomic E-state index is 0.0487. The van der Waals surface area contributed by atoms with E-state index in [0.29, 0.717) is 17.9 Å². The highest BCUT2D eigenvalue weighted by atomic mass is 16.4. The molecule has 0 unspecified atom stereocenters. The summed E-state index contributed by atoms with van der Waals surface area (Å²) in [6.07, 6.45) is 3.44. The van der Waals surface area contributed by atoms with Gasteiger partial charge < -0.3 is 15.8 Å². The van der Waals surface area contributed by atoms with Gasteiger partial charge in [0, 0.05) is 18.9 Å². The smallest absolute Gasteiger partial charge is 0.173 e. The van der Waals surface area contributed by atoms with Crippen molar-refractivity contribution in [3.05, 3.63) is 54.0 Å². The fourth-order valence-electron chi connectivity index (χ4n) is 1.93. The molecule has 0 aliphatic rings. The van der Waals surface area contributed by atoms with Gasteiger partial charge in [0.1, 0.15) is 5.82 Å². The standard InChI is InChI=1S/C14H17N5O/c1-2-19(10-11-6-3-4-8-16-11)14-12(13(15)18-20)7-5-9-17-14/h3-9,20H,2,10H2,1H3,(H2,15,18). The molecule has 0 amide bonds. The molecule has 0 spiro atoms. The lowest BCUT2D eigenvalue weighted by molar-refractivity contribution is 0.318. The van der Waals surface area contributed by atoms with Gasteiger partial charge in [-0.05, 0) is 31.2 Å². The number of nitrogens with zero attached hydrogens (tertiary/aromatic N) is 4. The lowest BCUT2D eigenvalue weighted by Crippen LogP contribution is -2.27. The molecule has 0 atom stereocenters. The summed E-state index contributed by atoms with van der Waals surface area (Å²) in [5, 5.41) is 11.9. The lowest BCUT2D eigenvalue weighted by Gasteiger charge is -2.23. The summed E-state index contributed by atoms with van der Waals surface area (Å²) >= 11 is 0. The Hall–Kier alpha value is -2.63. The SMILES string of the molecule is CCN(Cc1ccccn1)c1ncccc1/C(N)=N/O. The fraction of sp³-hybridized carbons (Fsp3) is 0.214. The number of hydrogen-bond donors (Lipinski definition) is 2. The van der Waals surface area contributed by atoms with Crippen LogP contribution in [0.1, 0.15) is 18.2 Å². The van der Waals surface area contributed by atoms with Crippen molar-refractivity contribution in [2.45, 2.75) is 13.5 Å². The summed E-state index contributed by atoms with van der Waals surface area (Å²) in [7, 11) is 0. The van der Waals surface area contributed by atoms with Crippen LogP contribution in [0.2, 0.25) is 0 Å². The second kappa shape index (κ2) is 6.51. The molecule has 2 rings (SSSR count). The van der Waals surface area contributed by atoms with E-state index in [1.54, 1.807) is 24.5 Å². The number of oxime groups is 1. The van der Waals surface area contributed by atoms with Crippen molar-refractivity contribution >= 4 is 11.7 Å². The summed E-state index contributed by atoms with van der Waals surface area (Å²) in [4.78, 5) is 10.7. The average molecular weight is 271 g/mol. The van der Waals surface area contributed by atoms with Gasteiger partial charge in [0.05, 0.1) is 17.8 Å². The molecule has 104 valence electrons. The first-order chi connectivity index (χ1) is 9.76. The zero-order valence-corrected chi connectivity index (χ0v) is 11.3. The maximum Gasteiger partial charge on any atom is 0.173 e. The molecule has 0 bridgehead atoms. The van der Waals surface area contributed by atoms with E-state index >= 15 is 0 Å². The van der Waals surface area contributed by atoms with Gasteiger partial charge in [-0.15, -0.1) is 0 Å². The molecule has 0 aliphatic carbocycles. The van der Waals surface area contributed by atoms with Crippen molar-refractivity contribution in [3.63, 3.8) is 0 Å². The Morgan fingerprint density at radius 3 is 2.70 bits per heavy atom. The van der Waals surface area contributed by atoms with Crippen molar-refractivity contribution < 1.29 is 5.21 Å². The summed E-state index contributed by atoms with van der Waals surface area (Å²) < 4.78 is 0. The Labute approximate surface area is 117 Å². The van der Waals surface area contributed by atoms with E-state index in [1.807, 2.05) is 30.0 Å². The normalized spacial score (nSPS) is 11.3. The van der Waals surface area contributed by atoms with Crippen LogP contribution in [0, 0.1) is 0 Å². The molecule has 0 saturated carbocycles. The maximum atomic E-state index is 8.86. The van der Waals surface area contributed by atoms with Crippen molar-refractivity contribution in [2.24, 2.45) is 10.9 Å². The minimum absolute atomic E-state index is 0.0487. The lowest BCUT2D eigenvalue weighted by atomic mass is 10.2. The van der Waals surface area contributed by atoms with Crippen molar-refractivity contribution in [2.75, 3.05) is 11.4 Å². The third-order valence-corrected chi connectivity index (χ3v) is 2.93. The number of nitrogens with two attached hydrogens (primary N) is 1. The first kappa shape index (κ1) is 13.8. The van der Waals surface area contributed by atoms with Crippen LogP contribution in [-0.2, 0) is 6.54 Å². The molecule has 20 heavy (non-hydrogen) atoms. The number of aromatic nitrogens is 2. The minimum Gasteiger partial charge on any atom is -0.409 e. The number of hydrogen-bond acceptors (Lipinski definition) is 5. The van der Waals surface area contributed by atoms with Crippen molar-refractivity contribution in [3.8, 4) is 0 Å². The van der Waals surface area contributed by atoms with Gasteiger partial charge in [-0.1, -0.05) is 11.2 Å². The molecular weight excluding hydrogens is 254 g/mol. The van der Waals surface area contributed by atoms with Gasteiger partial charge in [-0.3, -0.25) is 4.98 Å². The number of pyridine rings is 2. The highest BCUT2D eigenvalue weighted by Gasteiger charge is 2.14.